The molecule has 0 bridgehead atoms. The quantitative estimate of drug-likeness (QED) is 0.180. The van der Waals surface area contributed by atoms with Crippen molar-refractivity contribution in [2.24, 2.45) is 13.0 Å². The highest BCUT2D eigenvalue weighted by Crippen LogP contribution is 2.33. The van der Waals surface area contributed by atoms with Crippen molar-refractivity contribution >= 4 is 35.0 Å². The molecule has 3 heterocycles. The number of carbonyl (C=O) groups is 3. The highest BCUT2D eigenvalue weighted by molar-refractivity contribution is 6.34. The van der Waals surface area contributed by atoms with Crippen molar-refractivity contribution in [1.82, 2.24) is 29.1 Å². The Labute approximate surface area is 312 Å². The summed E-state index contributed by atoms with van der Waals surface area (Å²) in [5.74, 6) is -3.19. The number of rotatable bonds is 14. The zero-order valence-electron chi connectivity index (χ0n) is 30.6. The lowest BCUT2D eigenvalue weighted by atomic mass is 10.00. The summed E-state index contributed by atoms with van der Waals surface area (Å²) >= 11 is 6.53. The first-order valence-electron chi connectivity index (χ1n) is 17.5. The molecule has 16 heteroatoms. The first-order chi connectivity index (χ1) is 25.4. The van der Waals surface area contributed by atoms with Gasteiger partial charge in [-0.15, -0.1) is 0 Å². The number of ether oxygens (including phenoxy) is 1. The van der Waals surface area contributed by atoms with Crippen LogP contribution in [0.3, 0.4) is 0 Å². The summed E-state index contributed by atoms with van der Waals surface area (Å²) < 4.78 is 38.9. The van der Waals surface area contributed by atoms with Gasteiger partial charge in [-0.05, 0) is 30.7 Å². The fourth-order valence-electron chi connectivity index (χ4n) is 6.41. The van der Waals surface area contributed by atoms with Gasteiger partial charge in [0.05, 0.1) is 68.6 Å². The van der Waals surface area contributed by atoms with Gasteiger partial charge in [0.2, 0.25) is 5.91 Å². The summed E-state index contributed by atoms with van der Waals surface area (Å²) in [6, 6.07) is 7.30. The Balaban J connectivity index is 1.24. The Morgan fingerprint density at radius 1 is 1.04 bits per heavy atom. The van der Waals surface area contributed by atoms with Crippen LogP contribution in [0, 0.1) is 17.6 Å². The molecule has 0 spiro atoms. The molecule has 53 heavy (non-hydrogen) atoms. The number of halogens is 3. The number of aromatic nitrogens is 4. The lowest BCUT2D eigenvalue weighted by molar-refractivity contribution is -0.858. The van der Waals surface area contributed by atoms with Crippen molar-refractivity contribution in [3.8, 4) is 22.4 Å². The first-order valence-corrected chi connectivity index (χ1v) is 17.9. The normalized spacial score (nSPS) is 13.8. The fraction of sp³-hybridized carbons (Fsp3) is 0.432. The third-order valence-electron chi connectivity index (χ3n) is 9.52. The molecular formula is C37H46ClF2N8O5+. The van der Waals surface area contributed by atoms with Crippen LogP contribution >= 0.6 is 11.6 Å². The van der Waals surface area contributed by atoms with E-state index in [2.05, 4.69) is 29.5 Å². The molecule has 1 aliphatic heterocycles. The Bertz CT molecular complexity index is 1960. The van der Waals surface area contributed by atoms with Crippen LogP contribution in [0.4, 0.5) is 14.5 Å². The van der Waals surface area contributed by atoms with E-state index in [-0.39, 0.29) is 62.2 Å². The summed E-state index contributed by atoms with van der Waals surface area (Å²) in [6.45, 7) is 4.82. The van der Waals surface area contributed by atoms with Gasteiger partial charge >= 0.3 is 0 Å². The number of hydrogen-bond acceptors (Lipinski definition) is 7. The molecule has 1 saturated heterocycles. The average Bonchev–Trinajstić information content (AvgIpc) is 3.74. The number of hydrogen-bond donors (Lipinski definition) is 3. The van der Waals surface area contributed by atoms with Crippen LogP contribution in [0.25, 0.3) is 22.4 Å². The van der Waals surface area contributed by atoms with E-state index < -0.39 is 24.1 Å². The second kappa shape index (κ2) is 17.4. The lowest BCUT2D eigenvalue weighted by Crippen LogP contribution is -3.05. The van der Waals surface area contributed by atoms with E-state index in [1.54, 1.807) is 11.0 Å². The molecule has 1 atom stereocenters. The molecule has 0 saturated carbocycles. The topological polar surface area (TPSA) is 139 Å². The molecular weight excluding hydrogens is 710 g/mol. The number of nitrogens with one attached hydrogen (secondary N) is 2. The molecule has 1 aliphatic rings. The van der Waals surface area contributed by atoms with Crippen molar-refractivity contribution in [2.75, 3.05) is 65.9 Å². The molecule has 5 rings (SSSR count). The molecule has 2 aromatic heterocycles. The van der Waals surface area contributed by atoms with Crippen LogP contribution in [-0.4, -0.2) is 112 Å². The van der Waals surface area contributed by atoms with Gasteiger partial charge in [0.25, 0.3) is 11.8 Å². The first kappa shape index (κ1) is 39.5. The SMILES string of the molecule is CCC(CC[NH+](C)C)C(=O)N1CCN(C(=O)c2ccc(NC(=O)c3ncc(-c4ccc(-c5cn(CCOC)nc5CO)c(F)c4F)n3C)cc2Cl)CC1. The third kappa shape index (κ3) is 8.75. The number of amides is 3. The van der Waals surface area contributed by atoms with Crippen LogP contribution in [0.15, 0.2) is 42.7 Å². The summed E-state index contributed by atoms with van der Waals surface area (Å²) in [7, 11) is 7.17. The number of carbonyl (C=O) groups excluding carboxylic acids is 3. The largest absolute Gasteiger partial charge is 0.390 e. The maximum Gasteiger partial charge on any atom is 0.291 e. The second-order valence-electron chi connectivity index (χ2n) is 13.3. The standard InChI is InChI=1S/C37H45ClF2N8O5/c1-6-23(11-12-44(2)3)36(51)46-13-15-47(16-14-46)37(52)26-8-7-24(19-29(26)38)42-35(50)34-41-20-31(45(34)4)27-10-9-25(32(39)33(27)40)28-21-48(17-18-53-5)43-30(28)22-49/h7-10,19-21,23,49H,6,11-18,22H2,1-5H3,(H,42,50)/p+1. The van der Waals surface area contributed by atoms with Gasteiger partial charge < -0.3 is 34.4 Å². The maximum absolute atomic E-state index is 15.6. The minimum atomic E-state index is -1.16. The zero-order chi connectivity index (χ0) is 38.4. The highest BCUT2D eigenvalue weighted by Gasteiger charge is 2.30. The maximum atomic E-state index is 15.6. The van der Waals surface area contributed by atoms with Crippen LogP contribution < -0.4 is 10.2 Å². The number of methoxy groups -OCH3 is 1. The second-order valence-corrected chi connectivity index (χ2v) is 13.7. The molecule has 1 fully saturated rings. The van der Waals surface area contributed by atoms with E-state index in [0.29, 0.717) is 45.0 Å². The molecule has 3 N–H and O–H groups in total. The van der Waals surface area contributed by atoms with Gasteiger partial charge in [-0.2, -0.15) is 5.10 Å². The predicted molar refractivity (Wildman–Crippen MR) is 196 cm³/mol. The van der Waals surface area contributed by atoms with E-state index in [0.717, 1.165) is 19.4 Å². The monoisotopic (exact) mass is 755 g/mol. The third-order valence-corrected chi connectivity index (χ3v) is 9.84. The molecule has 1 unspecified atom stereocenters. The minimum Gasteiger partial charge on any atom is -0.390 e. The van der Waals surface area contributed by atoms with Gasteiger partial charge in [-0.3, -0.25) is 19.1 Å². The Kier molecular flexibility index (Phi) is 13.0. The van der Waals surface area contributed by atoms with Gasteiger partial charge in [0, 0.05) is 81.2 Å². The van der Waals surface area contributed by atoms with Crippen molar-refractivity contribution in [2.45, 2.75) is 32.9 Å². The molecule has 13 nitrogen and oxygen atoms in total. The molecule has 2 aromatic carbocycles. The van der Waals surface area contributed by atoms with E-state index in [1.807, 2.05) is 11.8 Å². The molecule has 0 radical (unpaired) electrons. The lowest BCUT2D eigenvalue weighted by Gasteiger charge is -2.36. The van der Waals surface area contributed by atoms with E-state index in [9.17, 15) is 19.5 Å². The Morgan fingerprint density at radius 2 is 1.72 bits per heavy atom. The molecule has 4 aromatic rings. The Morgan fingerprint density at radius 3 is 2.36 bits per heavy atom. The summed E-state index contributed by atoms with van der Waals surface area (Å²) in [4.78, 5) is 48.7. The predicted octanol–water partition coefficient (Wildman–Crippen LogP) is 3.12. The molecule has 3 amide bonds. The van der Waals surface area contributed by atoms with Crippen molar-refractivity contribution in [3.63, 3.8) is 0 Å². The highest BCUT2D eigenvalue weighted by atomic mass is 35.5. The molecule has 284 valence electrons. The van der Waals surface area contributed by atoms with Crippen molar-refractivity contribution in [1.29, 1.82) is 0 Å². The zero-order valence-corrected chi connectivity index (χ0v) is 31.3. The summed E-state index contributed by atoms with van der Waals surface area (Å²) in [5.41, 5.74) is 0.947. The summed E-state index contributed by atoms with van der Waals surface area (Å²) in [5, 5.41) is 16.8. The minimum absolute atomic E-state index is 0.0341. The number of piperazine rings is 1. The molecule has 0 aliphatic carbocycles. The van der Waals surface area contributed by atoms with Crippen LogP contribution in [0.2, 0.25) is 5.02 Å². The Hall–Kier alpha value is -4.70. The number of benzene rings is 2. The van der Waals surface area contributed by atoms with Gasteiger partial charge in [0.15, 0.2) is 17.5 Å². The number of imidazole rings is 1. The summed E-state index contributed by atoms with van der Waals surface area (Å²) in [6.07, 6.45) is 4.38. The van der Waals surface area contributed by atoms with E-state index >= 15 is 8.78 Å². The van der Waals surface area contributed by atoms with E-state index in [1.165, 1.54) is 65.0 Å². The average molecular weight is 756 g/mol. The van der Waals surface area contributed by atoms with Crippen LogP contribution in [-0.2, 0) is 29.7 Å². The van der Waals surface area contributed by atoms with E-state index in [4.69, 9.17) is 16.3 Å². The van der Waals surface area contributed by atoms with Gasteiger partial charge in [0.1, 0.15) is 0 Å². The number of quaternary nitrogens is 1. The van der Waals surface area contributed by atoms with Crippen molar-refractivity contribution in [3.05, 3.63) is 76.5 Å². The fourth-order valence-corrected chi connectivity index (χ4v) is 6.67. The number of aliphatic hydroxyl groups excluding tert-OH is 1. The number of nitrogens with zero attached hydrogens (tertiary/aromatic N) is 6. The smallest absolute Gasteiger partial charge is 0.291 e. The number of anilines is 1. The van der Waals surface area contributed by atoms with Crippen molar-refractivity contribution < 1.29 is 37.9 Å². The van der Waals surface area contributed by atoms with Crippen LogP contribution in [0.5, 0.6) is 0 Å². The van der Waals surface area contributed by atoms with Crippen LogP contribution in [0.1, 0.15) is 46.4 Å². The number of aliphatic hydroxyl groups is 1. The van der Waals surface area contributed by atoms with Gasteiger partial charge in [-0.1, -0.05) is 24.6 Å². The van der Waals surface area contributed by atoms with Gasteiger partial charge in [-0.25, -0.2) is 13.8 Å².